The van der Waals surface area contributed by atoms with E-state index in [1.54, 1.807) is 0 Å². The van der Waals surface area contributed by atoms with Gasteiger partial charge < -0.3 is 14.4 Å². The second kappa shape index (κ2) is 5.55. The van der Waals surface area contributed by atoms with E-state index in [-0.39, 0.29) is 25.6 Å². The molecule has 0 heterocycles. The molecule has 3 nitrogen and oxygen atoms in total. The molecule has 0 aliphatic heterocycles. The maximum absolute atomic E-state index is 9.86. The van der Waals surface area contributed by atoms with E-state index in [0.717, 1.165) is 6.42 Å². The van der Waals surface area contributed by atoms with Gasteiger partial charge in [0.1, 0.15) is 0 Å². The summed E-state index contributed by atoms with van der Waals surface area (Å²) in [6.07, 6.45) is 1.06. The fourth-order valence-electron chi connectivity index (χ4n) is 0.352. The van der Waals surface area contributed by atoms with Crippen molar-refractivity contribution in [3.05, 3.63) is 0 Å². The van der Waals surface area contributed by atoms with Gasteiger partial charge in [-0.2, -0.15) is 0 Å². The Morgan fingerprint density at radius 1 is 1.44 bits per heavy atom. The van der Waals surface area contributed by atoms with E-state index in [9.17, 15) is 14.4 Å². The number of hydrogen-bond donors (Lipinski definition) is 0. The molecular weight excluding hydrogens is 192 g/mol. The zero-order valence-corrected chi connectivity index (χ0v) is 9.36. The van der Waals surface area contributed by atoms with Crippen molar-refractivity contribution in [3.8, 4) is 0 Å². The Morgan fingerprint density at radius 3 is 2.00 bits per heavy atom. The molecule has 0 rings (SSSR count). The van der Waals surface area contributed by atoms with E-state index in [2.05, 4.69) is 0 Å². The monoisotopic (exact) mass is 200 g/mol. The quantitative estimate of drug-likeness (QED) is 0.465. The molecule has 0 radical (unpaired) electrons. The van der Waals surface area contributed by atoms with E-state index in [4.69, 9.17) is 0 Å². The Bertz CT molecular complexity index is 100.0. The molecule has 0 aliphatic carbocycles. The summed E-state index contributed by atoms with van der Waals surface area (Å²) in [7, 11) is -4.18. The summed E-state index contributed by atoms with van der Waals surface area (Å²) in [6, 6.07) is 0. The van der Waals surface area contributed by atoms with E-state index >= 15 is 0 Å². The number of hydrogen-bond acceptors (Lipinski definition) is 3. The maximum atomic E-state index is 9.86. The minimum Gasteiger partial charge on any atom is -0.811 e. The van der Waals surface area contributed by atoms with Gasteiger partial charge in [-0.3, -0.25) is 0 Å². The van der Waals surface area contributed by atoms with Crippen LogP contribution in [0.4, 0.5) is 0 Å². The molecule has 50 valence electrons. The third-order valence-electron chi connectivity index (χ3n) is 0.786. The first-order valence-corrected chi connectivity index (χ1v) is 4.30. The van der Waals surface area contributed by atoms with Crippen LogP contribution >= 0.6 is 7.60 Å². The van der Waals surface area contributed by atoms with Crippen LogP contribution < -0.4 is 9.79 Å². The molecule has 0 saturated carbocycles. The minimum atomic E-state index is -4.18. The Morgan fingerprint density at radius 2 is 1.89 bits per heavy atom. The van der Waals surface area contributed by atoms with E-state index in [1.165, 1.54) is 0 Å². The molecule has 0 aromatic carbocycles. The van der Waals surface area contributed by atoms with Crippen LogP contribution in [-0.4, -0.2) is 6.16 Å². The van der Waals surface area contributed by atoms with Gasteiger partial charge >= 0.3 is 19.5 Å². The van der Waals surface area contributed by atoms with E-state index in [1.807, 2.05) is 6.92 Å². The fourth-order valence-corrected chi connectivity index (χ4v) is 1.06. The van der Waals surface area contributed by atoms with Crippen molar-refractivity contribution in [1.82, 2.24) is 0 Å². The number of unbranched alkanes of at least 4 members (excludes halogenated alkanes) is 1. The van der Waals surface area contributed by atoms with Crippen molar-refractivity contribution >= 4 is 7.60 Å². The molecule has 5 heteroatoms. The number of rotatable bonds is 3. The van der Waals surface area contributed by atoms with Gasteiger partial charge in [0.2, 0.25) is 0 Å². The van der Waals surface area contributed by atoms with Crippen molar-refractivity contribution < 1.29 is 33.8 Å². The van der Waals surface area contributed by atoms with Crippen LogP contribution in [0, 0.1) is 0 Å². The van der Waals surface area contributed by atoms with Gasteiger partial charge in [0.15, 0.2) is 0 Å². The van der Waals surface area contributed by atoms with Crippen molar-refractivity contribution in [2.45, 2.75) is 19.8 Å². The molecule has 0 N–H and O–H groups in total. The summed E-state index contributed by atoms with van der Waals surface area (Å²) in [5.74, 6) is 0. The molecule has 0 bridgehead atoms. The van der Waals surface area contributed by atoms with Gasteiger partial charge in [0.05, 0.1) is 0 Å². The Kier molecular flexibility index (Phi) is 7.68. The van der Waals surface area contributed by atoms with Gasteiger partial charge in [-0.15, -0.1) is 0 Å². The average molecular weight is 201 g/mol. The second-order valence-electron chi connectivity index (χ2n) is 1.69. The smallest absolute Gasteiger partial charge is 0.811 e. The Labute approximate surface area is 67.8 Å². The van der Waals surface area contributed by atoms with Gasteiger partial charge in [-0.1, -0.05) is 20.9 Å². The maximum Gasteiger partial charge on any atom is 2.00 e. The Hall–Kier alpha value is 0.773. The normalized spacial score (nSPS) is 10.6. The molecule has 0 fully saturated rings. The van der Waals surface area contributed by atoms with Crippen LogP contribution in [0.25, 0.3) is 0 Å². The zero-order chi connectivity index (χ0) is 6.62. The van der Waals surface area contributed by atoms with Crippen LogP contribution in [0.2, 0.25) is 0 Å². The third-order valence-corrected chi connectivity index (χ3v) is 1.65. The first kappa shape index (κ1) is 12.4. The third kappa shape index (κ3) is 12.1. The molecule has 0 aromatic rings. The molecule has 0 aromatic heterocycles. The Balaban J connectivity index is 0. The SMILES string of the molecule is CCCCP(=O)([O-])[O-].[Zn+2]. The standard InChI is InChI=1S/C4H11O3P.Zn/c1-2-3-4-8(5,6)7;/h2-4H2,1H3,(H2,5,6,7);/q;+2/p-2. The average Bonchev–Trinajstić information content (AvgIpc) is 1.59. The summed E-state index contributed by atoms with van der Waals surface area (Å²) in [4.78, 5) is 19.7. The fraction of sp³-hybridized carbons (Fsp3) is 1.00. The molecule has 0 atom stereocenters. The summed E-state index contributed by atoms with van der Waals surface area (Å²) in [5, 5.41) is 0. The van der Waals surface area contributed by atoms with Crippen molar-refractivity contribution in [2.75, 3.05) is 6.16 Å². The van der Waals surface area contributed by atoms with Gasteiger partial charge in [0, 0.05) is 0 Å². The molecule has 0 amide bonds. The van der Waals surface area contributed by atoms with Crippen molar-refractivity contribution in [3.63, 3.8) is 0 Å². The summed E-state index contributed by atoms with van der Waals surface area (Å²) in [5.41, 5.74) is 0. The van der Waals surface area contributed by atoms with Gasteiger partial charge in [0.25, 0.3) is 0 Å². The predicted molar refractivity (Wildman–Crippen MR) is 27.4 cm³/mol. The van der Waals surface area contributed by atoms with E-state index < -0.39 is 7.60 Å². The van der Waals surface area contributed by atoms with Crippen LogP contribution in [0.1, 0.15) is 19.8 Å². The van der Waals surface area contributed by atoms with Crippen LogP contribution in [0.3, 0.4) is 0 Å². The van der Waals surface area contributed by atoms with Crippen molar-refractivity contribution in [2.24, 2.45) is 0 Å². The minimum absolute atomic E-state index is 0. The van der Waals surface area contributed by atoms with Gasteiger partial charge in [-0.25, -0.2) is 0 Å². The van der Waals surface area contributed by atoms with Crippen LogP contribution in [-0.2, 0) is 24.0 Å². The summed E-state index contributed by atoms with van der Waals surface area (Å²) in [6.45, 7) is 1.84. The summed E-state index contributed by atoms with van der Waals surface area (Å²) < 4.78 is 9.86. The van der Waals surface area contributed by atoms with Crippen molar-refractivity contribution in [1.29, 1.82) is 0 Å². The second-order valence-corrected chi connectivity index (χ2v) is 3.36. The molecular formula is C4H9O3PZn. The molecule has 0 unspecified atom stereocenters. The molecule has 9 heavy (non-hydrogen) atoms. The predicted octanol–water partition coefficient (Wildman–Crippen LogP) is -0.302. The molecule has 0 spiro atoms. The van der Waals surface area contributed by atoms with Crippen LogP contribution in [0.15, 0.2) is 0 Å². The first-order valence-electron chi connectivity index (χ1n) is 2.57. The topological polar surface area (TPSA) is 63.2 Å². The van der Waals surface area contributed by atoms with Crippen LogP contribution in [0.5, 0.6) is 0 Å². The molecule has 0 aliphatic rings. The summed E-state index contributed by atoms with van der Waals surface area (Å²) >= 11 is 0. The van der Waals surface area contributed by atoms with Gasteiger partial charge in [-0.05, 0) is 12.6 Å². The zero-order valence-electron chi connectivity index (χ0n) is 5.50. The largest absolute Gasteiger partial charge is 2.00 e. The first-order chi connectivity index (χ1) is 3.56. The van der Waals surface area contributed by atoms with E-state index in [0.29, 0.717) is 6.42 Å². The molecule has 0 saturated heterocycles.